The third-order valence-corrected chi connectivity index (χ3v) is 3.35. The lowest BCUT2D eigenvalue weighted by Crippen LogP contribution is -2.29. The highest BCUT2D eigenvalue weighted by Crippen LogP contribution is 2.27. The molecule has 5 nitrogen and oxygen atoms in total. The van der Waals surface area contributed by atoms with Crippen LogP contribution in [0.1, 0.15) is 26.7 Å². The molecule has 0 heterocycles. The van der Waals surface area contributed by atoms with E-state index in [2.05, 4.69) is 16.0 Å². The predicted molar refractivity (Wildman–Crippen MR) is 84.1 cm³/mol. The quantitative estimate of drug-likeness (QED) is 0.721. The first-order valence-electron chi connectivity index (χ1n) is 7.46. The molecule has 1 aromatic rings. The lowest BCUT2D eigenvalue weighted by atomic mass is 10.2. The first kappa shape index (κ1) is 15.5. The molecule has 3 N–H and O–H groups in total. The van der Waals surface area contributed by atoms with Crippen molar-refractivity contribution in [3.05, 3.63) is 24.3 Å². The summed E-state index contributed by atoms with van der Waals surface area (Å²) in [6.07, 6.45) is 2.54. The first-order chi connectivity index (χ1) is 10.0. The van der Waals surface area contributed by atoms with Gasteiger partial charge in [-0.1, -0.05) is 19.9 Å². The Balaban J connectivity index is 1.81. The van der Waals surface area contributed by atoms with Gasteiger partial charge in [0.05, 0.1) is 6.54 Å². The van der Waals surface area contributed by atoms with Crippen LogP contribution in [-0.2, 0) is 9.59 Å². The average Bonchev–Trinajstić information content (AvgIpc) is 3.23. The Kier molecular flexibility index (Phi) is 5.33. The molecule has 0 bridgehead atoms. The molecule has 21 heavy (non-hydrogen) atoms. The highest BCUT2D eigenvalue weighted by atomic mass is 16.2. The summed E-state index contributed by atoms with van der Waals surface area (Å²) in [4.78, 5) is 23.4. The van der Waals surface area contributed by atoms with Crippen molar-refractivity contribution in [3.8, 4) is 0 Å². The number of hydrogen-bond acceptors (Lipinski definition) is 3. The minimum absolute atomic E-state index is 0.0374. The molecule has 1 aliphatic carbocycles. The zero-order valence-corrected chi connectivity index (χ0v) is 12.6. The van der Waals surface area contributed by atoms with Crippen molar-refractivity contribution >= 4 is 23.2 Å². The molecule has 5 heteroatoms. The summed E-state index contributed by atoms with van der Waals surface area (Å²) >= 11 is 0. The molecule has 0 aliphatic heterocycles. The second-order valence-electron chi connectivity index (χ2n) is 5.85. The van der Waals surface area contributed by atoms with Crippen molar-refractivity contribution in [2.75, 3.05) is 23.7 Å². The molecule has 1 aromatic carbocycles. The van der Waals surface area contributed by atoms with Crippen LogP contribution in [0.4, 0.5) is 11.4 Å². The van der Waals surface area contributed by atoms with E-state index in [1.807, 2.05) is 26.0 Å². The van der Waals surface area contributed by atoms with Crippen LogP contribution in [0, 0.1) is 11.8 Å². The Morgan fingerprint density at radius 3 is 2.48 bits per heavy atom. The monoisotopic (exact) mass is 289 g/mol. The maximum absolute atomic E-state index is 11.8. The molecule has 0 atom stereocenters. The SMILES string of the molecule is CC(C)C(=O)Nc1cccc(NC(=O)CNCC2CC2)c1. The second kappa shape index (κ2) is 7.22. The standard InChI is InChI=1S/C16H23N3O2/c1-11(2)16(21)19-14-5-3-4-13(8-14)18-15(20)10-17-9-12-6-7-12/h3-5,8,11-12,17H,6-7,9-10H2,1-2H3,(H,18,20)(H,19,21). The Bertz CT molecular complexity index is 510. The van der Waals surface area contributed by atoms with E-state index < -0.39 is 0 Å². The van der Waals surface area contributed by atoms with E-state index in [4.69, 9.17) is 0 Å². The van der Waals surface area contributed by atoms with Crippen molar-refractivity contribution in [1.29, 1.82) is 0 Å². The van der Waals surface area contributed by atoms with Gasteiger partial charge in [0.2, 0.25) is 11.8 Å². The van der Waals surface area contributed by atoms with Gasteiger partial charge in [0.1, 0.15) is 0 Å². The summed E-state index contributed by atoms with van der Waals surface area (Å²) < 4.78 is 0. The van der Waals surface area contributed by atoms with Crippen molar-refractivity contribution in [1.82, 2.24) is 5.32 Å². The van der Waals surface area contributed by atoms with E-state index in [9.17, 15) is 9.59 Å². The molecule has 1 saturated carbocycles. The number of amides is 2. The minimum atomic E-state index is -0.0742. The number of carbonyl (C=O) groups excluding carboxylic acids is 2. The molecule has 0 saturated heterocycles. The lowest BCUT2D eigenvalue weighted by molar-refractivity contribution is -0.119. The van der Waals surface area contributed by atoms with Gasteiger partial charge >= 0.3 is 0 Å². The molecular weight excluding hydrogens is 266 g/mol. The van der Waals surface area contributed by atoms with E-state index in [0.29, 0.717) is 17.9 Å². The van der Waals surface area contributed by atoms with E-state index in [-0.39, 0.29) is 17.7 Å². The van der Waals surface area contributed by atoms with Gasteiger partial charge in [-0.15, -0.1) is 0 Å². The number of nitrogens with one attached hydrogen (secondary N) is 3. The van der Waals surface area contributed by atoms with Crippen LogP contribution < -0.4 is 16.0 Å². The predicted octanol–water partition coefficient (Wildman–Crippen LogP) is 2.22. The van der Waals surface area contributed by atoms with Gasteiger partial charge in [-0.05, 0) is 43.5 Å². The van der Waals surface area contributed by atoms with Crippen molar-refractivity contribution < 1.29 is 9.59 Å². The minimum Gasteiger partial charge on any atom is -0.326 e. The van der Waals surface area contributed by atoms with Gasteiger partial charge in [-0.2, -0.15) is 0 Å². The van der Waals surface area contributed by atoms with E-state index in [1.54, 1.807) is 12.1 Å². The van der Waals surface area contributed by atoms with E-state index in [1.165, 1.54) is 12.8 Å². The van der Waals surface area contributed by atoms with Crippen LogP contribution in [0.15, 0.2) is 24.3 Å². The van der Waals surface area contributed by atoms with Crippen LogP contribution in [-0.4, -0.2) is 24.9 Å². The van der Waals surface area contributed by atoms with Crippen molar-refractivity contribution in [2.24, 2.45) is 11.8 Å². The van der Waals surface area contributed by atoms with Crippen LogP contribution in [0.5, 0.6) is 0 Å². The summed E-state index contributed by atoms with van der Waals surface area (Å²) in [6.45, 7) is 4.91. The molecule has 114 valence electrons. The maximum atomic E-state index is 11.8. The fourth-order valence-electron chi connectivity index (χ4n) is 1.88. The summed E-state index contributed by atoms with van der Waals surface area (Å²) in [5.74, 6) is 0.579. The molecule has 2 amide bonds. The van der Waals surface area contributed by atoms with E-state index in [0.717, 1.165) is 12.5 Å². The fraction of sp³-hybridized carbons (Fsp3) is 0.500. The van der Waals surface area contributed by atoms with Crippen LogP contribution >= 0.6 is 0 Å². The first-order valence-corrected chi connectivity index (χ1v) is 7.46. The third kappa shape index (κ3) is 5.55. The highest BCUT2D eigenvalue weighted by molar-refractivity contribution is 5.95. The Morgan fingerprint density at radius 2 is 1.86 bits per heavy atom. The number of benzene rings is 1. The zero-order valence-electron chi connectivity index (χ0n) is 12.6. The topological polar surface area (TPSA) is 70.2 Å². The van der Waals surface area contributed by atoms with E-state index >= 15 is 0 Å². The fourth-order valence-corrected chi connectivity index (χ4v) is 1.88. The number of carbonyl (C=O) groups is 2. The zero-order chi connectivity index (χ0) is 15.2. The average molecular weight is 289 g/mol. The van der Waals surface area contributed by atoms with Gasteiger partial charge in [-0.25, -0.2) is 0 Å². The Morgan fingerprint density at radius 1 is 1.19 bits per heavy atom. The van der Waals surface area contributed by atoms with Crippen molar-refractivity contribution in [2.45, 2.75) is 26.7 Å². The van der Waals surface area contributed by atoms with Gasteiger partial charge < -0.3 is 16.0 Å². The normalized spacial score (nSPS) is 14.0. The summed E-state index contributed by atoms with van der Waals surface area (Å²) in [6, 6.07) is 7.19. The highest BCUT2D eigenvalue weighted by Gasteiger charge is 2.20. The number of anilines is 2. The Hall–Kier alpha value is -1.88. The second-order valence-corrected chi connectivity index (χ2v) is 5.85. The molecular formula is C16H23N3O2. The molecule has 1 fully saturated rings. The lowest BCUT2D eigenvalue weighted by Gasteiger charge is -2.10. The van der Waals surface area contributed by atoms with Gasteiger partial charge in [0.15, 0.2) is 0 Å². The van der Waals surface area contributed by atoms with Gasteiger partial charge in [-0.3, -0.25) is 9.59 Å². The molecule has 0 aromatic heterocycles. The smallest absolute Gasteiger partial charge is 0.238 e. The van der Waals surface area contributed by atoms with Gasteiger partial charge in [0, 0.05) is 17.3 Å². The van der Waals surface area contributed by atoms with Crippen LogP contribution in [0.2, 0.25) is 0 Å². The number of rotatable bonds is 7. The third-order valence-electron chi connectivity index (χ3n) is 3.35. The molecule has 0 radical (unpaired) electrons. The van der Waals surface area contributed by atoms with Crippen LogP contribution in [0.3, 0.4) is 0 Å². The largest absolute Gasteiger partial charge is 0.326 e. The summed E-state index contributed by atoms with van der Waals surface area (Å²) in [5, 5.41) is 8.79. The van der Waals surface area contributed by atoms with Crippen LogP contribution in [0.25, 0.3) is 0 Å². The molecule has 1 aliphatic rings. The molecule has 0 spiro atoms. The van der Waals surface area contributed by atoms with Crippen molar-refractivity contribution in [3.63, 3.8) is 0 Å². The summed E-state index contributed by atoms with van der Waals surface area (Å²) in [7, 11) is 0. The summed E-state index contributed by atoms with van der Waals surface area (Å²) in [5.41, 5.74) is 1.38. The Labute approximate surface area is 125 Å². The molecule has 2 rings (SSSR count). The number of hydrogen-bond donors (Lipinski definition) is 3. The molecule has 0 unspecified atom stereocenters. The van der Waals surface area contributed by atoms with Gasteiger partial charge in [0.25, 0.3) is 0 Å². The maximum Gasteiger partial charge on any atom is 0.238 e.